The number of hydrogen-bond acceptors (Lipinski definition) is 7. The summed E-state index contributed by atoms with van der Waals surface area (Å²) in [5.41, 5.74) is 1.86. The van der Waals surface area contributed by atoms with Crippen LogP contribution in [0.1, 0.15) is 12.5 Å². The monoisotopic (exact) mass is 462 g/mol. The Morgan fingerprint density at radius 1 is 1.29 bits per heavy atom. The number of anilines is 1. The van der Waals surface area contributed by atoms with E-state index in [1.807, 2.05) is 24.3 Å². The Hall–Kier alpha value is -2.72. The van der Waals surface area contributed by atoms with Crippen molar-refractivity contribution in [2.75, 3.05) is 5.32 Å². The minimum Gasteiger partial charge on any atom is -0.411 e. The Kier molecular flexibility index (Phi) is 6.10. The van der Waals surface area contributed by atoms with Crippen LogP contribution in [0.5, 0.6) is 0 Å². The van der Waals surface area contributed by atoms with Crippen LogP contribution < -0.4 is 5.32 Å². The van der Waals surface area contributed by atoms with Crippen LogP contribution in [0.3, 0.4) is 0 Å². The minimum absolute atomic E-state index is 0.0246. The van der Waals surface area contributed by atoms with Crippen molar-refractivity contribution in [1.82, 2.24) is 10.2 Å². The molecule has 1 N–H and O–H groups in total. The average molecular weight is 463 g/mol. The Balaban J connectivity index is 1.67. The number of nitrogens with zero attached hydrogens (tertiary/aromatic N) is 3. The molecule has 0 fully saturated rings. The standard InChI is InChI=1S/C18H15BrN4O4S/c1-10-9-12(23(25)26)7-8-15(10)20-16(24)11(2)28-18-22-21-17(27-18)13-5-3-4-6-14(13)19/h3-9,11H,1-2H3,(H,20,24)/t11-/m0/s1. The highest BCUT2D eigenvalue weighted by atomic mass is 79.9. The van der Waals surface area contributed by atoms with Crippen molar-refractivity contribution >= 4 is 45.0 Å². The van der Waals surface area contributed by atoms with Gasteiger partial charge in [0.25, 0.3) is 10.9 Å². The SMILES string of the molecule is Cc1cc([N+](=O)[O-])ccc1NC(=O)[C@H](C)Sc1nnc(-c2ccccc2Br)o1. The maximum Gasteiger partial charge on any atom is 0.277 e. The van der Waals surface area contributed by atoms with Gasteiger partial charge in [-0.1, -0.05) is 23.9 Å². The normalized spacial score (nSPS) is 11.8. The fourth-order valence-electron chi connectivity index (χ4n) is 2.34. The zero-order valence-corrected chi connectivity index (χ0v) is 17.3. The number of nitro benzene ring substituents is 1. The molecule has 0 aliphatic rings. The summed E-state index contributed by atoms with van der Waals surface area (Å²) in [7, 11) is 0. The molecule has 0 saturated carbocycles. The fraction of sp³-hybridized carbons (Fsp3) is 0.167. The number of nitrogens with one attached hydrogen (secondary N) is 1. The van der Waals surface area contributed by atoms with Crippen LogP contribution in [0.4, 0.5) is 11.4 Å². The van der Waals surface area contributed by atoms with Crippen molar-refractivity contribution in [3.05, 3.63) is 62.6 Å². The van der Waals surface area contributed by atoms with Crippen LogP contribution in [0.2, 0.25) is 0 Å². The first-order valence-electron chi connectivity index (χ1n) is 8.16. The predicted molar refractivity (Wildman–Crippen MR) is 109 cm³/mol. The number of amides is 1. The van der Waals surface area contributed by atoms with Gasteiger partial charge in [0.2, 0.25) is 11.8 Å². The third-order valence-electron chi connectivity index (χ3n) is 3.84. The second-order valence-electron chi connectivity index (χ2n) is 5.86. The molecule has 8 nitrogen and oxygen atoms in total. The lowest BCUT2D eigenvalue weighted by atomic mass is 10.2. The number of halogens is 1. The van der Waals surface area contributed by atoms with Crippen molar-refractivity contribution in [3.8, 4) is 11.5 Å². The third kappa shape index (κ3) is 4.57. The van der Waals surface area contributed by atoms with E-state index in [0.29, 0.717) is 17.1 Å². The molecule has 3 aromatic rings. The second kappa shape index (κ2) is 8.53. The predicted octanol–water partition coefficient (Wildman–Crippen LogP) is 4.84. The summed E-state index contributed by atoms with van der Waals surface area (Å²) < 4.78 is 6.47. The second-order valence-corrected chi connectivity index (χ2v) is 8.01. The van der Waals surface area contributed by atoms with Crippen molar-refractivity contribution in [2.24, 2.45) is 0 Å². The third-order valence-corrected chi connectivity index (χ3v) is 5.46. The van der Waals surface area contributed by atoms with Gasteiger partial charge in [0.1, 0.15) is 0 Å². The van der Waals surface area contributed by atoms with Crippen LogP contribution in [0.25, 0.3) is 11.5 Å². The molecule has 0 saturated heterocycles. The van der Waals surface area contributed by atoms with Crippen molar-refractivity contribution in [1.29, 1.82) is 0 Å². The highest BCUT2D eigenvalue weighted by Crippen LogP contribution is 2.31. The number of thioether (sulfide) groups is 1. The summed E-state index contributed by atoms with van der Waals surface area (Å²) in [5.74, 6) is 0.0800. The van der Waals surface area contributed by atoms with Crippen molar-refractivity contribution in [3.63, 3.8) is 0 Å². The number of aromatic nitrogens is 2. The first kappa shape index (κ1) is 20.0. The number of rotatable bonds is 6. The molecule has 1 atom stereocenters. The molecule has 0 unspecified atom stereocenters. The molecule has 144 valence electrons. The molecular formula is C18H15BrN4O4S. The average Bonchev–Trinajstić information content (AvgIpc) is 3.11. The van der Waals surface area contributed by atoms with Gasteiger partial charge in [-0.15, -0.1) is 10.2 Å². The maximum atomic E-state index is 12.5. The molecule has 1 amide bonds. The van der Waals surface area contributed by atoms with Gasteiger partial charge in [0.05, 0.1) is 15.7 Å². The van der Waals surface area contributed by atoms with Crippen LogP contribution in [0, 0.1) is 17.0 Å². The first-order valence-corrected chi connectivity index (χ1v) is 9.83. The topological polar surface area (TPSA) is 111 Å². The number of carbonyl (C=O) groups is 1. The Morgan fingerprint density at radius 3 is 2.71 bits per heavy atom. The van der Waals surface area contributed by atoms with Gasteiger partial charge in [-0.3, -0.25) is 14.9 Å². The summed E-state index contributed by atoms with van der Waals surface area (Å²) in [6.45, 7) is 3.41. The number of non-ortho nitro benzene ring substituents is 1. The zero-order valence-electron chi connectivity index (χ0n) is 14.9. The van der Waals surface area contributed by atoms with E-state index in [9.17, 15) is 14.9 Å². The fourth-order valence-corrected chi connectivity index (χ4v) is 3.48. The highest BCUT2D eigenvalue weighted by molar-refractivity contribution is 9.10. The number of carbonyl (C=O) groups excluding carboxylic acids is 1. The molecular weight excluding hydrogens is 448 g/mol. The Bertz CT molecular complexity index is 1040. The van der Waals surface area contributed by atoms with E-state index in [0.717, 1.165) is 21.8 Å². The maximum absolute atomic E-state index is 12.5. The summed E-state index contributed by atoms with van der Waals surface area (Å²) in [6, 6.07) is 11.7. The van der Waals surface area contributed by atoms with Crippen LogP contribution in [0.15, 0.2) is 56.6 Å². The molecule has 0 radical (unpaired) electrons. The summed E-state index contributed by atoms with van der Waals surface area (Å²) in [4.78, 5) is 22.8. The molecule has 2 aromatic carbocycles. The quantitative estimate of drug-likeness (QED) is 0.317. The molecule has 1 aromatic heterocycles. The molecule has 0 bridgehead atoms. The summed E-state index contributed by atoms with van der Waals surface area (Å²) >= 11 is 4.56. The van der Waals surface area contributed by atoms with Gasteiger partial charge in [-0.05, 0) is 53.5 Å². The van der Waals surface area contributed by atoms with Gasteiger partial charge in [0.15, 0.2) is 0 Å². The molecule has 0 spiro atoms. The van der Waals surface area contributed by atoms with Gasteiger partial charge >= 0.3 is 0 Å². The van der Waals surface area contributed by atoms with E-state index in [1.165, 1.54) is 18.2 Å². The number of benzene rings is 2. The minimum atomic E-state index is -0.512. The van der Waals surface area contributed by atoms with E-state index in [-0.39, 0.29) is 16.8 Å². The van der Waals surface area contributed by atoms with Crippen molar-refractivity contribution in [2.45, 2.75) is 24.3 Å². The van der Waals surface area contributed by atoms with Gasteiger partial charge < -0.3 is 9.73 Å². The van der Waals surface area contributed by atoms with Crippen LogP contribution >= 0.6 is 27.7 Å². The van der Waals surface area contributed by atoms with Crippen LogP contribution in [-0.4, -0.2) is 26.3 Å². The number of nitro groups is 1. The lowest BCUT2D eigenvalue weighted by Crippen LogP contribution is -2.22. The summed E-state index contributed by atoms with van der Waals surface area (Å²) in [5, 5.41) is 21.3. The number of aryl methyl sites for hydroxylation is 1. The van der Waals surface area contributed by atoms with E-state index >= 15 is 0 Å². The van der Waals surface area contributed by atoms with Gasteiger partial charge in [-0.25, -0.2) is 0 Å². The van der Waals surface area contributed by atoms with E-state index in [4.69, 9.17) is 4.42 Å². The van der Waals surface area contributed by atoms with E-state index < -0.39 is 10.2 Å². The first-order chi connectivity index (χ1) is 13.3. The highest BCUT2D eigenvalue weighted by Gasteiger charge is 2.20. The Morgan fingerprint density at radius 2 is 2.04 bits per heavy atom. The van der Waals surface area contributed by atoms with Crippen molar-refractivity contribution < 1.29 is 14.1 Å². The summed E-state index contributed by atoms with van der Waals surface area (Å²) in [6.07, 6.45) is 0. The lowest BCUT2D eigenvalue weighted by molar-refractivity contribution is -0.384. The lowest BCUT2D eigenvalue weighted by Gasteiger charge is -2.11. The number of hydrogen-bond donors (Lipinski definition) is 1. The molecule has 10 heteroatoms. The van der Waals surface area contributed by atoms with Gasteiger partial charge in [-0.2, -0.15) is 0 Å². The molecule has 1 heterocycles. The van der Waals surface area contributed by atoms with E-state index in [1.54, 1.807) is 13.8 Å². The molecule has 0 aliphatic carbocycles. The smallest absolute Gasteiger partial charge is 0.277 e. The molecule has 0 aliphatic heterocycles. The molecule has 3 rings (SSSR count). The molecule has 28 heavy (non-hydrogen) atoms. The van der Waals surface area contributed by atoms with Gasteiger partial charge in [0, 0.05) is 22.3 Å². The Labute approximate surface area is 173 Å². The van der Waals surface area contributed by atoms with E-state index in [2.05, 4.69) is 31.4 Å². The largest absolute Gasteiger partial charge is 0.411 e. The van der Waals surface area contributed by atoms with Crippen LogP contribution in [-0.2, 0) is 4.79 Å². The zero-order chi connectivity index (χ0) is 20.3.